The predicted octanol–water partition coefficient (Wildman–Crippen LogP) is 4.08. The summed E-state index contributed by atoms with van der Waals surface area (Å²) in [4.78, 5) is 34.8. The van der Waals surface area contributed by atoms with Crippen LogP contribution in [-0.2, 0) is 22.6 Å². The molecular formula is C30H29N3O5. The van der Waals surface area contributed by atoms with E-state index in [9.17, 15) is 9.59 Å². The molecule has 0 unspecified atom stereocenters. The zero-order valence-electron chi connectivity index (χ0n) is 21.6. The molecule has 1 fully saturated rings. The van der Waals surface area contributed by atoms with Gasteiger partial charge in [-0.05, 0) is 35.4 Å². The van der Waals surface area contributed by atoms with E-state index in [1.165, 1.54) is 0 Å². The number of hydrogen-bond donors (Lipinski definition) is 1. The van der Waals surface area contributed by atoms with Crippen molar-refractivity contribution in [2.45, 2.75) is 25.0 Å². The van der Waals surface area contributed by atoms with Crippen LogP contribution in [0, 0.1) is 0 Å². The SMILES string of the molecule is COc1cccc(CN2CC(=O)N3[C@H](c4cccc(OC)c4OC)c4[nH]c5ccccc5c4C[C@H]3C2=O)c1. The number of carbonyl (C=O) groups excluding carboxylic acids is 2. The second-order valence-electron chi connectivity index (χ2n) is 9.61. The molecular weight excluding hydrogens is 482 g/mol. The van der Waals surface area contributed by atoms with Crippen LogP contribution in [0.15, 0.2) is 66.7 Å². The first-order valence-corrected chi connectivity index (χ1v) is 12.6. The Morgan fingerprint density at radius 3 is 2.53 bits per heavy atom. The quantitative estimate of drug-likeness (QED) is 0.422. The van der Waals surface area contributed by atoms with Gasteiger partial charge in [0.25, 0.3) is 0 Å². The van der Waals surface area contributed by atoms with Gasteiger partial charge >= 0.3 is 0 Å². The third-order valence-corrected chi connectivity index (χ3v) is 7.58. The lowest BCUT2D eigenvalue weighted by Crippen LogP contribution is -2.62. The van der Waals surface area contributed by atoms with Gasteiger partial charge in [0, 0.05) is 35.1 Å². The molecule has 194 valence electrons. The highest BCUT2D eigenvalue weighted by Gasteiger charge is 2.49. The number of piperazine rings is 1. The molecule has 38 heavy (non-hydrogen) atoms. The Labute approximate surface area is 220 Å². The maximum atomic E-state index is 14.0. The highest BCUT2D eigenvalue weighted by atomic mass is 16.5. The average molecular weight is 512 g/mol. The van der Waals surface area contributed by atoms with Crippen molar-refractivity contribution in [3.05, 3.63) is 89.1 Å². The zero-order valence-corrected chi connectivity index (χ0v) is 21.6. The van der Waals surface area contributed by atoms with E-state index < -0.39 is 12.1 Å². The van der Waals surface area contributed by atoms with Crippen LogP contribution in [0.25, 0.3) is 10.9 Å². The van der Waals surface area contributed by atoms with Gasteiger partial charge < -0.3 is 29.0 Å². The second kappa shape index (κ2) is 9.45. The Morgan fingerprint density at radius 1 is 0.921 bits per heavy atom. The molecule has 1 N–H and O–H groups in total. The Kier molecular flexibility index (Phi) is 5.94. The van der Waals surface area contributed by atoms with Gasteiger partial charge in [0.05, 0.1) is 21.3 Å². The summed E-state index contributed by atoms with van der Waals surface area (Å²) in [5.74, 6) is 1.64. The average Bonchev–Trinajstić information content (AvgIpc) is 3.32. The minimum Gasteiger partial charge on any atom is -0.497 e. The maximum absolute atomic E-state index is 14.0. The van der Waals surface area contributed by atoms with Crippen LogP contribution < -0.4 is 14.2 Å². The molecule has 6 rings (SSSR count). The summed E-state index contributed by atoms with van der Waals surface area (Å²) in [6.45, 7) is 0.324. The van der Waals surface area contributed by atoms with Crippen molar-refractivity contribution < 1.29 is 23.8 Å². The van der Waals surface area contributed by atoms with Crippen LogP contribution in [0.4, 0.5) is 0 Å². The van der Waals surface area contributed by atoms with Crippen LogP contribution in [0.3, 0.4) is 0 Å². The first kappa shape index (κ1) is 23.9. The molecule has 0 bridgehead atoms. The Bertz CT molecular complexity index is 1540. The lowest BCUT2D eigenvalue weighted by atomic mass is 9.85. The summed E-state index contributed by atoms with van der Waals surface area (Å²) in [5, 5.41) is 1.05. The van der Waals surface area contributed by atoms with Crippen LogP contribution in [-0.4, -0.2) is 60.5 Å². The van der Waals surface area contributed by atoms with Crippen molar-refractivity contribution >= 4 is 22.7 Å². The Balaban J connectivity index is 1.47. The van der Waals surface area contributed by atoms with E-state index in [-0.39, 0.29) is 18.4 Å². The third-order valence-electron chi connectivity index (χ3n) is 7.58. The molecule has 4 aromatic rings. The number of aromatic amines is 1. The van der Waals surface area contributed by atoms with Crippen molar-refractivity contribution in [3.8, 4) is 17.2 Å². The van der Waals surface area contributed by atoms with E-state index in [4.69, 9.17) is 14.2 Å². The maximum Gasteiger partial charge on any atom is 0.246 e. The smallest absolute Gasteiger partial charge is 0.246 e. The number of nitrogens with zero attached hydrogens (tertiary/aromatic N) is 2. The normalized spacial score (nSPS) is 18.8. The number of nitrogens with one attached hydrogen (secondary N) is 1. The topological polar surface area (TPSA) is 84.1 Å². The van der Waals surface area contributed by atoms with Gasteiger partial charge in [0.15, 0.2) is 11.5 Å². The summed E-state index contributed by atoms with van der Waals surface area (Å²) < 4.78 is 16.7. The van der Waals surface area contributed by atoms with Gasteiger partial charge in [-0.15, -0.1) is 0 Å². The largest absolute Gasteiger partial charge is 0.497 e. The lowest BCUT2D eigenvalue weighted by molar-refractivity contribution is -0.159. The summed E-state index contributed by atoms with van der Waals surface area (Å²) in [7, 11) is 4.79. The first-order chi connectivity index (χ1) is 18.5. The molecule has 2 atom stereocenters. The number of para-hydroxylation sites is 2. The fraction of sp³-hybridized carbons (Fsp3) is 0.267. The van der Waals surface area contributed by atoms with Gasteiger partial charge in [-0.1, -0.05) is 42.5 Å². The van der Waals surface area contributed by atoms with Crippen LogP contribution in [0.1, 0.15) is 28.4 Å². The van der Waals surface area contributed by atoms with Crippen molar-refractivity contribution in [2.75, 3.05) is 27.9 Å². The number of carbonyl (C=O) groups is 2. The summed E-state index contributed by atoms with van der Waals surface area (Å²) >= 11 is 0. The van der Waals surface area contributed by atoms with E-state index in [2.05, 4.69) is 11.1 Å². The van der Waals surface area contributed by atoms with Gasteiger partial charge in [0.1, 0.15) is 24.4 Å². The Hall–Kier alpha value is -4.46. The number of fused-ring (bicyclic) bond motifs is 4. The number of methoxy groups -OCH3 is 3. The Morgan fingerprint density at radius 2 is 1.74 bits per heavy atom. The van der Waals surface area contributed by atoms with Crippen molar-refractivity contribution in [1.82, 2.24) is 14.8 Å². The van der Waals surface area contributed by atoms with Gasteiger partial charge in [-0.25, -0.2) is 0 Å². The van der Waals surface area contributed by atoms with Gasteiger partial charge in [-0.3, -0.25) is 9.59 Å². The highest BCUT2D eigenvalue weighted by Crippen LogP contribution is 2.47. The van der Waals surface area contributed by atoms with E-state index in [1.807, 2.05) is 60.7 Å². The number of amides is 2. The van der Waals surface area contributed by atoms with Crippen molar-refractivity contribution in [2.24, 2.45) is 0 Å². The standard InChI is InChI=1S/C30H29N3O5/c1-36-19-9-6-8-18(14-19)16-32-17-26(34)33-24(30(32)35)15-22-20-10-4-5-12-23(20)31-27(22)28(33)21-11-7-13-25(37-2)29(21)38-3/h4-14,24,28,31H,15-17H2,1-3H3/t24-,28+/m0/s1. The summed E-state index contributed by atoms with van der Waals surface area (Å²) in [6, 6.07) is 20.1. The third kappa shape index (κ3) is 3.75. The molecule has 0 saturated carbocycles. The minimum absolute atomic E-state index is 0.00904. The predicted molar refractivity (Wildman–Crippen MR) is 142 cm³/mol. The molecule has 0 radical (unpaired) electrons. The number of benzene rings is 3. The number of ether oxygens (including phenoxy) is 3. The number of rotatable bonds is 6. The van der Waals surface area contributed by atoms with E-state index >= 15 is 0 Å². The van der Waals surface area contributed by atoms with Gasteiger partial charge in [0.2, 0.25) is 11.8 Å². The van der Waals surface area contributed by atoms with Gasteiger partial charge in [-0.2, -0.15) is 0 Å². The molecule has 0 aliphatic carbocycles. The van der Waals surface area contributed by atoms with Crippen molar-refractivity contribution in [1.29, 1.82) is 0 Å². The fourth-order valence-corrected chi connectivity index (χ4v) is 5.90. The van der Waals surface area contributed by atoms with Crippen molar-refractivity contribution in [3.63, 3.8) is 0 Å². The van der Waals surface area contributed by atoms with E-state index in [0.717, 1.165) is 33.3 Å². The van der Waals surface area contributed by atoms with Crippen LogP contribution in [0.2, 0.25) is 0 Å². The zero-order chi connectivity index (χ0) is 26.4. The molecule has 2 amide bonds. The molecule has 1 saturated heterocycles. The first-order valence-electron chi connectivity index (χ1n) is 12.6. The summed E-state index contributed by atoms with van der Waals surface area (Å²) in [6.07, 6.45) is 0.432. The number of H-pyrrole nitrogens is 1. The molecule has 2 aliphatic heterocycles. The van der Waals surface area contributed by atoms with Crippen LogP contribution >= 0.6 is 0 Å². The molecule has 0 spiro atoms. The van der Waals surface area contributed by atoms with Crippen LogP contribution in [0.5, 0.6) is 17.2 Å². The highest BCUT2D eigenvalue weighted by molar-refractivity contribution is 5.97. The lowest BCUT2D eigenvalue weighted by Gasteiger charge is -2.47. The summed E-state index contributed by atoms with van der Waals surface area (Å²) in [5.41, 5.74) is 4.59. The molecule has 3 heterocycles. The molecule has 8 nitrogen and oxygen atoms in total. The monoisotopic (exact) mass is 511 g/mol. The molecule has 2 aliphatic rings. The fourth-order valence-electron chi connectivity index (χ4n) is 5.90. The minimum atomic E-state index is -0.644. The molecule has 1 aromatic heterocycles. The number of aromatic nitrogens is 1. The van der Waals surface area contributed by atoms with E-state index in [1.54, 1.807) is 31.1 Å². The molecule has 3 aromatic carbocycles. The molecule has 8 heteroatoms. The second-order valence-corrected chi connectivity index (χ2v) is 9.61. The van der Waals surface area contributed by atoms with E-state index in [0.29, 0.717) is 30.2 Å². The number of hydrogen-bond acceptors (Lipinski definition) is 5.